The van der Waals surface area contributed by atoms with Gasteiger partial charge in [0.15, 0.2) is 5.75 Å². The van der Waals surface area contributed by atoms with Gasteiger partial charge in [0, 0.05) is 6.20 Å². The molecule has 46 valence electrons. The predicted octanol–water partition coefficient (Wildman–Crippen LogP) is 0.810. The molecule has 0 radical (unpaired) electrons. The fraction of sp³-hybridized carbons (Fsp3) is 0.167. The second-order valence-electron chi connectivity index (χ2n) is 1.71. The third kappa shape index (κ3) is 0.614. The summed E-state index contributed by atoms with van der Waals surface area (Å²) in [5.41, 5.74) is 0. The van der Waals surface area contributed by atoms with Gasteiger partial charge in [-0.25, -0.2) is 4.98 Å². The maximum absolute atomic E-state index is 5.01. The maximum atomic E-state index is 5.01. The van der Waals surface area contributed by atoms with E-state index in [2.05, 4.69) is 4.98 Å². The summed E-state index contributed by atoms with van der Waals surface area (Å²) in [4.78, 5) is 3.91. The van der Waals surface area contributed by atoms with Crippen molar-refractivity contribution >= 4 is 0 Å². The van der Waals surface area contributed by atoms with Crippen LogP contribution in [0.3, 0.4) is 0 Å². The Morgan fingerprint density at radius 3 is 3.33 bits per heavy atom. The third-order valence-corrected chi connectivity index (χ3v) is 1.15. The summed E-state index contributed by atoms with van der Waals surface area (Å²) in [6, 6.07) is 3.64. The molecule has 1 aliphatic heterocycles. The lowest BCUT2D eigenvalue weighted by molar-refractivity contribution is 0.171. The summed E-state index contributed by atoms with van der Waals surface area (Å²) in [5, 5.41) is 0. The Balaban J connectivity index is 2.54. The highest BCUT2D eigenvalue weighted by atomic mass is 16.7. The molecular formula is C6H5NO2. The van der Waals surface area contributed by atoms with Gasteiger partial charge in [0.1, 0.15) is 0 Å². The number of fused-ring (bicyclic) bond motifs is 1. The van der Waals surface area contributed by atoms with E-state index in [1.54, 1.807) is 6.20 Å². The molecule has 0 unspecified atom stereocenters. The van der Waals surface area contributed by atoms with E-state index < -0.39 is 0 Å². The van der Waals surface area contributed by atoms with E-state index in [0.717, 1.165) is 5.75 Å². The van der Waals surface area contributed by atoms with Gasteiger partial charge in [-0.05, 0) is 12.1 Å². The molecule has 0 saturated heterocycles. The van der Waals surface area contributed by atoms with Crippen molar-refractivity contribution in [3.63, 3.8) is 0 Å². The van der Waals surface area contributed by atoms with E-state index in [9.17, 15) is 0 Å². The average Bonchev–Trinajstić information content (AvgIpc) is 2.33. The largest absolute Gasteiger partial charge is 0.452 e. The Bertz CT molecular complexity index is 201. The summed E-state index contributed by atoms with van der Waals surface area (Å²) < 4.78 is 9.98. The van der Waals surface area contributed by atoms with Gasteiger partial charge >= 0.3 is 0 Å². The predicted molar refractivity (Wildman–Crippen MR) is 30.4 cm³/mol. The zero-order chi connectivity index (χ0) is 6.10. The molecule has 1 aliphatic rings. The number of hydrogen-bond acceptors (Lipinski definition) is 3. The lowest BCUT2D eigenvalue weighted by Gasteiger charge is -1.88. The molecule has 2 heterocycles. The van der Waals surface area contributed by atoms with Crippen molar-refractivity contribution in [1.82, 2.24) is 4.98 Å². The SMILES string of the molecule is c1cnc2c(c1)OCO2. The molecule has 1 aromatic rings. The number of nitrogens with zero attached hydrogens (tertiary/aromatic N) is 1. The molecule has 0 atom stereocenters. The molecule has 0 saturated carbocycles. The van der Waals surface area contributed by atoms with Gasteiger partial charge in [0.25, 0.3) is 5.88 Å². The minimum absolute atomic E-state index is 0.298. The Morgan fingerprint density at radius 1 is 1.44 bits per heavy atom. The van der Waals surface area contributed by atoms with Crippen LogP contribution in [0, 0.1) is 0 Å². The summed E-state index contributed by atoms with van der Waals surface area (Å²) in [6.45, 7) is 0.298. The second kappa shape index (κ2) is 1.62. The van der Waals surface area contributed by atoms with Gasteiger partial charge in [-0.1, -0.05) is 0 Å². The maximum Gasteiger partial charge on any atom is 0.260 e. The van der Waals surface area contributed by atoms with Crippen molar-refractivity contribution in [3.05, 3.63) is 18.3 Å². The lowest BCUT2D eigenvalue weighted by Crippen LogP contribution is -1.93. The highest BCUT2D eigenvalue weighted by Gasteiger charge is 2.11. The minimum atomic E-state index is 0.298. The molecule has 0 spiro atoms. The van der Waals surface area contributed by atoms with E-state index in [1.807, 2.05) is 12.1 Å². The summed E-state index contributed by atoms with van der Waals surface area (Å²) in [5.74, 6) is 1.33. The first-order valence-electron chi connectivity index (χ1n) is 2.67. The van der Waals surface area contributed by atoms with Gasteiger partial charge < -0.3 is 9.47 Å². The number of pyridine rings is 1. The highest BCUT2D eigenvalue weighted by molar-refractivity contribution is 5.34. The topological polar surface area (TPSA) is 31.4 Å². The van der Waals surface area contributed by atoms with Crippen molar-refractivity contribution in [2.45, 2.75) is 0 Å². The molecule has 1 aromatic heterocycles. The number of aromatic nitrogens is 1. The van der Waals surface area contributed by atoms with Gasteiger partial charge in [0.05, 0.1) is 0 Å². The van der Waals surface area contributed by atoms with Crippen LogP contribution in [-0.4, -0.2) is 11.8 Å². The van der Waals surface area contributed by atoms with Gasteiger partial charge in [0.2, 0.25) is 6.79 Å². The Hall–Kier alpha value is -1.25. The molecule has 2 rings (SSSR count). The molecule has 3 nitrogen and oxygen atoms in total. The van der Waals surface area contributed by atoms with Crippen LogP contribution >= 0.6 is 0 Å². The molecule has 0 fully saturated rings. The zero-order valence-corrected chi connectivity index (χ0v) is 4.70. The standard InChI is InChI=1S/C6H5NO2/c1-2-5-6(7-3-1)9-4-8-5/h1-3H,4H2. The van der Waals surface area contributed by atoms with E-state index >= 15 is 0 Å². The lowest BCUT2D eigenvalue weighted by atomic mass is 10.4. The Labute approximate surface area is 52.2 Å². The Morgan fingerprint density at radius 2 is 2.44 bits per heavy atom. The van der Waals surface area contributed by atoms with Crippen molar-refractivity contribution < 1.29 is 9.47 Å². The third-order valence-electron chi connectivity index (χ3n) is 1.15. The number of rotatable bonds is 0. The summed E-state index contributed by atoms with van der Waals surface area (Å²) >= 11 is 0. The van der Waals surface area contributed by atoms with Gasteiger partial charge in [-0.15, -0.1) is 0 Å². The molecule has 0 aliphatic carbocycles. The smallest absolute Gasteiger partial charge is 0.260 e. The minimum Gasteiger partial charge on any atom is -0.452 e. The van der Waals surface area contributed by atoms with Crippen molar-refractivity contribution in [2.24, 2.45) is 0 Å². The quantitative estimate of drug-likeness (QED) is 0.511. The molecule has 0 amide bonds. The van der Waals surface area contributed by atoms with Gasteiger partial charge in [-0.3, -0.25) is 0 Å². The molecule has 0 bridgehead atoms. The molecule has 9 heavy (non-hydrogen) atoms. The van der Waals surface area contributed by atoms with Crippen LogP contribution in [0.2, 0.25) is 0 Å². The summed E-state index contributed by atoms with van der Waals surface area (Å²) in [6.07, 6.45) is 1.67. The van der Waals surface area contributed by atoms with Crippen LogP contribution in [0.5, 0.6) is 11.6 Å². The van der Waals surface area contributed by atoms with Crippen molar-refractivity contribution in [2.75, 3.05) is 6.79 Å². The first kappa shape index (κ1) is 4.61. The van der Waals surface area contributed by atoms with E-state index in [0.29, 0.717) is 12.7 Å². The van der Waals surface area contributed by atoms with E-state index in [4.69, 9.17) is 9.47 Å². The van der Waals surface area contributed by atoms with Gasteiger partial charge in [-0.2, -0.15) is 0 Å². The molecule has 3 heteroatoms. The van der Waals surface area contributed by atoms with Crippen LogP contribution in [0.1, 0.15) is 0 Å². The van der Waals surface area contributed by atoms with Crippen LogP contribution in [0.25, 0.3) is 0 Å². The monoisotopic (exact) mass is 123 g/mol. The second-order valence-corrected chi connectivity index (χ2v) is 1.71. The fourth-order valence-electron chi connectivity index (χ4n) is 0.743. The molecule has 0 N–H and O–H groups in total. The van der Waals surface area contributed by atoms with Crippen LogP contribution in [0.4, 0.5) is 0 Å². The Kier molecular flexibility index (Phi) is 0.828. The van der Waals surface area contributed by atoms with Crippen LogP contribution in [0.15, 0.2) is 18.3 Å². The molecule has 0 aromatic carbocycles. The van der Waals surface area contributed by atoms with Crippen LogP contribution < -0.4 is 9.47 Å². The first-order chi connectivity index (χ1) is 4.47. The average molecular weight is 123 g/mol. The highest BCUT2D eigenvalue weighted by Crippen LogP contribution is 2.27. The van der Waals surface area contributed by atoms with E-state index in [1.165, 1.54) is 0 Å². The fourth-order valence-corrected chi connectivity index (χ4v) is 0.743. The van der Waals surface area contributed by atoms with Crippen molar-refractivity contribution in [1.29, 1.82) is 0 Å². The zero-order valence-electron chi connectivity index (χ0n) is 4.70. The molecular weight excluding hydrogens is 118 g/mol. The van der Waals surface area contributed by atoms with Crippen molar-refractivity contribution in [3.8, 4) is 11.6 Å². The number of ether oxygens (including phenoxy) is 2. The van der Waals surface area contributed by atoms with Crippen LogP contribution in [-0.2, 0) is 0 Å². The summed E-state index contributed by atoms with van der Waals surface area (Å²) in [7, 11) is 0. The first-order valence-corrected chi connectivity index (χ1v) is 2.67. The normalized spacial score (nSPS) is 13.8. The van der Waals surface area contributed by atoms with E-state index in [-0.39, 0.29) is 0 Å². The number of hydrogen-bond donors (Lipinski definition) is 0.